The molecule has 1 spiro atoms. The summed E-state index contributed by atoms with van der Waals surface area (Å²) >= 11 is 0. The van der Waals surface area contributed by atoms with Gasteiger partial charge in [0.05, 0.1) is 0 Å². The van der Waals surface area contributed by atoms with E-state index < -0.39 is 0 Å². The summed E-state index contributed by atoms with van der Waals surface area (Å²) in [7, 11) is 0. The fraction of sp³-hybridized carbons (Fsp3) is 0.714. The first kappa shape index (κ1) is 8.76. The lowest BCUT2D eigenvalue weighted by Crippen LogP contribution is -2.23. The Morgan fingerprint density at radius 3 is 2.86 bits per heavy atom. The maximum Gasteiger partial charge on any atom is -0.00497 e. The van der Waals surface area contributed by atoms with E-state index >= 15 is 0 Å². The summed E-state index contributed by atoms with van der Waals surface area (Å²) in [6.45, 7) is 0. The Hall–Kier alpha value is -0.520. The normalized spacial score (nSPS) is 45.7. The first-order valence-corrected chi connectivity index (χ1v) is 6.25. The highest BCUT2D eigenvalue weighted by Gasteiger charge is 2.45. The van der Waals surface area contributed by atoms with Gasteiger partial charge in [-0.15, -0.1) is 0 Å². The highest BCUT2D eigenvalue weighted by molar-refractivity contribution is 5.21. The molecule has 0 saturated heterocycles. The predicted molar refractivity (Wildman–Crippen MR) is 60.0 cm³/mol. The van der Waals surface area contributed by atoms with Crippen molar-refractivity contribution in [2.24, 2.45) is 17.3 Å². The minimum Gasteiger partial charge on any atom is -0.0880 e. The third-order valence-electron chi connectivity index (χ3n) is 4.52. The molecule has 0 heterocycles. The Balaban J connectivity index is 1.87. The summed E-state index contributed by atoms with van der Waals surface area (Å²) in [5, 5.41) is 0. The molecular formula is C14H20. The quantitative estimate of drug-likeness (QED) is 0.502. The van der Waals surface area contributed by atoms with E-state index in [9.17, 15) is 0 Å². The highest BCUT2D eigenvalue weighted by atomic mass is 14.5. The molecule has 3 rings (SSSR count). The number of fused-ring (bicyclic) bond motifs is 3. The van der Waals surface area contributed by atoms with Gasteiger partial charge in [-0.2, -0.15) is 0 Å². The molecule has 3 unspecified atom stereocenters. The molecule has 3 aliphatic carbocycles. The van der Waals surface area contributed by atoms with Crippen LogP contribution in [0.15, 0.2) is 24.3 Å². The molecule has 3 atom stereocenters. The van der Waals surface area contributed by atoms with Crippen molar-refractivity contribution in [1.82, 2.24) is 0 Å². The van der Waals surface area contributed by atoms with Gasteiger partial charge < -0.3 is 0 Å². The van der Waals surface area contributed by atoms with Gasteiger partial charge in [-0.25, -0.2) is 0 Å². The minimum absolute atomic E-state index is 0.597. The second-order valence-electron chi connectivity index (χ2n) is 5.43. The molecule has 3 aliphatic rings. The van der Waals surface area contributed by atoms with Crippen LogP contribution in [0.2, 0.25) is 0 Å². The van der Waals surface area contributed by atoms with Gasteiger partial charge in [-0.05, 0) is 49.4 Å². The van der Waals surface area contributed by atoms with Gasteiger partial charge >= 0.3 is 0 Å². The lowest BCUT2D eigenvalue weighted by molar-refractivity contribution is 0.273. The van der Waals surface area contributed by atoms with E-state index in [4.69, 9.17) is 0 Å². The number of hydrogen-bond acceptors (Lipinski definition) is 0. The van der Waals surface area contributed by atoms with Crippen LogP contribution in [-0.2, 0) is 0 Å². The van der Waals surface area contributed by atoms with E-state index in [0.717, 1.165) is 11.8 Å². The van der Waals surface area contributed by atoms with Crippen LogP contribution in [0.1, 0.15) is 44.9 Å². The van der Waals surface area contributed by atoms with Crippen molar-refractivity contribution >= 4 is 0 Å². The Labute approximate surface area is 87.1 Å². The van der Waals surface area contributed by atoms with Gasteiger partial charge in [0.15, 0.2) is 0 Å². The van der Waals surface area contributed by atoms with E-state index in [1.165, 1.54) is 44.9 Å². The van der Waals surface area contributed by atoms with Crippen molar-refractivity contribution in [2.45, 2.75) is 44.9 Å². The van der Waals surface area contributed by atoms with Crippen LogP contribution in [0.25, 0.3) is 0 Å². The standard InChI is InChI=1S/C14H20/c1-2-4-8-14(9-5-3-1)11-12-6-7-13(14)10-12/h4,6-8,12-13H,1-3,5,9-11H2. The molecular weight excluding hydrogens is 168 g/mol. The lowest BCUT2D eigenvalue weighted by Gasteiger charge is -2.33. The summed E-state index contributed by atoms with van der Waals surface area (Å²) in [4.78, 5) is 0. The zero-order valence-corrected chi connectivity index (χ0v) is 8.91. The molecule has 0 aromatic heterocycles. The summed E-state index contributed by atoms with van der Waals surface area (Å²) in [6.07, 6.45) is 20.0. The van der Waals surface area contributed by atoms with Crippen LogP contribution in [0, 0.1) is 17.3 Å². The SMILES string of the molecule is C1=CC2(CCCCC1)CC1C=CC2C1. The molecule has 0 heteroatoms. The van der Waals surface area contributed by atoms with Gasteiger partial charge in [0.25, 0.3) is 0 Å². The number of allylic oxidation sites excluding steroid dienone is 4. The third kappa shape index (κ3) is 1.27. The topological polar surface area (TPSA) is 0 Å². The van der Waals surface area contributed by atoms with Crippen LogP contribution in [-0.4, -0.2) is 0 Å². The van der Waals surface area contributed by atoms with E-state index in [1.54, 1.807) is 0 Å². The summed E-state index contributed by atoms with van der Waals surface area (Å²) in [5.74, 6) is 1.81. The fourth-order valence-electron chi connectivity index (χ4n) is 3.77. The Bertz CT molecular complexity index is 274. The summed E-state index contributed by atoms with van der Waals surface area (Å²) in [5.41, 5.74) is 0.597. The average Bonchev–Trinajstić information content (AvgIpc) is 2.71. The summed E-state index contributed by atoms with van der Waals surface area (Å²) in [6, 6.07) is 0. The van der Waals surface area contributed by atoms with Gasteiger partial charge in [0.1, 0.15) is 0 Å². The first-order chi connectivity index (χ1) is 6.89. The Morgan fingerprint density at radius 1 is 1.07 bits per heavy atom. The van der Waals surface area contributed by atoms with Crippen molar-refractivity contribution in [3.63, 3.8) is 0 Å². The molecule has 0 radical (unpaired) electrons. The molecule has 2 bridgehead atoms. The van der Waals surface area contributed by atoms with E-state index in [1.807, 2.05) is 0 Å². The largest absolute Gasteiger partial charge is 0.0880 e. The smallest absolute Gasteiger partial charge is 0.00497 e. The zero-order chi connectivity index (χ0) is 9.43. The van der Waals surface area contributed by atoms with E-state index in [-0.39, 0.29) is 0 Å². The minimum atomic E-state index is 0.597. The second-order valence-corrected chi connectivity index (χ2v) is 5.43. The van der Waals surface area contributed by atoms with Crippen LogP contribution in [0.4, 0.5) is 0 Å². The van der Waals surface area contributed by atoms with Crippen LogP contribution in [0.3, 0.4) is 0 Å². The Kier molecular flexibility index (Phi) is 2.04. The average molecular weight is 188 g/mol. The molecule has 0 aromatic rings. The second kappa shape index (κ2) is 3.25. The molecule has 1 saturated carbocycles. The molecule has 0 amide bonds. The first-order valence-electron chi connectivity index (χ1n) is 6.25. The van der Waals surface area contributed by atoms with Crippen molar-refractivity contribution < 1.29 is 0 Å². The predicted octanol–water partition coefficient (Wildman–Crippen LogP) is 4.09. The van der Waals surface area contributed by atoms with Crippen molar-refractivity contribution in [3.8, 4) is 0 Å². The van der Waals surface area contributed by atoms with Crippen LogP contribution < -0.4 is 0 Å². The van der Waals surface area contributed by atoms with Gasteiger partial charge in [0, 0.05) is 0 Å². The zero-order valence-electron chi connectivity index (χ0n) is 8.91. The van der Waals surface area contributed by atoms with E-state index in [0.29, 0.717) is 5.41 Å². The highest BCUT2D eigenvalue weighted by Crippen LogP contribution is 2.55. The van der Waals surface area contributed by atoms with Crippen molar-refractivity contribution in [2.75, 3.05) is 0 Å². The number of hydrogen-bond donors (Lipinski definition) is 0. The van der Waals surface area contributed by atoms with Crippen molar-refractivity contribution in [3.05, 3.63) is 24.3 Å². The van der Waals surface area contributed by atoms with Gasteiger partial charge in [0.2, 0.25) is 0 Å². The van der Waals surface area contributed by atoms with Crippen LogP contribution in [0.5, 0.6) is 0 Å². The monoisotopic (exact) mass is 188 g/mol. The molecule has 0 aromatic carbocycles. The molecule has 1 fully saturated rings. The molecule has 76 valence electrons. The number of rotatable bonds is 0. The van der Waals surface area contributed by atoms with Crippen molar-refractivity contribution in [1.29, 1.82) is 0 Å². The molecule has 0 N–H and O–H groups in total. The van der Waals surface area contributed by atoms with Crippen LogP contribution >= 0.6 is 0 Å². The van der Waals surface area contributed by atoms with E-state index in [2.05, 4.69) is 24.3 Å². The fourth-order valence-corrected chi connectivity index (χ4v) is 3.77. The maximum atomic E-state index is 2.58. The third-order valence-corrected chi connectivity index (χ3v) is 4.52. The lowest BCUT2D eigenvalue weighted by atomic mass is 9.71. The summed E-state index contributed by atoms with van der Waals surface area (Å²) < 4.78 is 0. The molecule has 14 heavy (non-hydrogen) atoms. The van der Waals surface area contributed by atoms with Gasteiger partial charge in [-0.3, -0.25) is 0 Å². The maximum absolute atomic E-state index is 2.58. The Morgan fingerprint density at radius 2 is 2.07 bits per heavy atom. The molecule has 0 nitrogen and oxygen atoms in total. The molecule has 0 aliphatic heterocycles. The van der Waals surface area contributed by atoms with Gasteiger partial charge in [-0.1, -0.05) is 37.1 Å².